The van der Waals surface area contributed by atoms with Crippen molar-refractivity contribution in [2.75, 3.05) is 6.61 Å². The van der Waals surface area contributed by atoms with Crippen LogP contribution in [0.2, 0.25) is 0 Å². The van der Waals surface area contributed by atoms with E-state index in [1.165, 1.54) is 22.8 Å². The van der Waals surface area contributed by atoms with Crippen molar-refractivity contribution in [2.24, 2.45) is 4.99 Å². The highest BCUT2D eigenvalue weighted by Gasteiger charge is 2.33. The molecule has 2 aromatic heterocycles. The lowest BCUT2D eigenvalue weighted by Gasteiger charge is -2.24. The summed E-state index contributed by atoms with van der Waals surface area (Å²) in [5.41, 5.74) is 4.36. The molecule has 1 atom stereocenters. The Morgan fingerprint density at radius 3 is 2.32 bits per heavy atom. The number of thiazole rings is 1. The van der Waals surface area contributed by atoms with E-state index in [2.05, 4.69) is 4.99 Å². The molecule has 0 amide bonds. The number of ether oxygens (including phenoxy) is 2. The van der Waals surface area contributed by atoms with E-state index in [0.29, 0.717) is 26.3 Å². The molecule has 3 aromatic carbocycles. The minimum absolute atomic E-state index is 0.172. The Labute approximate surface area is 256 Å². The van der Waals surface area contributed by atoms with Gasteiger partial charge in [-0.2, -0.15) is 5.10 Å². The van der Waals surface area contributed by atoms with Crippen LogP contribution in [0.25, 0.3) is 23.0 Å². The summed E-state index contributed by atoms with van der Waals surface area (Å²) in [5, 5.41) is 4.87. The zero-order valence-corrected chi connectivity index (χ0v) is 25.1. The van der Waals surface area contributed by atoms with Crippen molar-refractivity contribution in [1.29, 1.82) is 0 Å². The van der Waals surface area contributed by atoms with Gasteiger partial charge in [0.25, 0.3) is 5.56 Å². The number of rotatable bonds is 7. The normalized spacial score (nSPS) is 14.6. The third kappa shape index (κ3) is 5.55. The summed E-state index contributed by atoms with van der Waals surface area (Å²) in [6.07, 6.45) is 3.72. The molecule has 1 aliphatic rings. The van der Waals surface area contributed by atoms with Crippen LogP contribution in [0.5, 0.6) is 5.75 Å². The zero-order valence-electron chi connectivity index (χ0n) is 24.3. The first-order valence-corrected chi connectivity index (χ1v) is 14.8. The van der Waals surface area contributed by atoms with Crippen LogP contribution in [0.4, 0.5) is 0 Å². The fourth-order valence-corrected chi connectivity index (χ4v) is 6.20. The minimum Gasteiger partial charge on any atom is -0.463 e. The summed E-state index contributed by atoms with van der Waals surface area (Å²) in [5.74, 6) is -0.636. The molecule has 3 heterocycles. The van der Waals surface area contributed by atoms with Crippen LogP contribution >= 0.6 is 11.3 Å². The highest BCUT2D eigenvalue weighted by molar-refractivity contribution is 7.07. The Bertz CT molecular complexity index is 2080. The molecule has 220 valence electrons. The quantitative estimate of drug-likeness (QED) is 0.199. The number of fused-ring (bicyclic) bond motifs is 1. The Balaban J connectivity index is 1.53. The summed E-state index contributed by atoms with van der Waals surface area (Å²) < 4.78 is 14.3. The maximum absolute atomic E-state index is 14.2. The van der Waals surface area contributed by atoms with Crippen LogP contribution in [0.1, 0.15) is 37.9 Å². The molecule has 0 bridgehead atoms. The van der Waals surface area contributed by atoms with Crippen LogP contribution in [0.15, 0.2) is 112 Å². The van der Waals surface area contributed by atoms with Gasteiger partial charge in [0.1, 0.15) is 5.75 Å². The summed E-state index contributed by atoms with van der Waals surface area (Å²) in [6.45, 7) is 4.96. The molecule has 0 unspecified atom stereocenters. The third-order valence-electron chi connectivity index (χ3n) is 7.07. The van der Waals surface area contributed by atoms with Gasteiger partial charge < -0.3 is 9.47 Å². The van der Waals surface area contributed by atoms with Gasteiger partial charge in [0.15, 0.2) is 4.80 Å². The molecule has 6 rings (SSSR count). The second kappa shape index (κ2) is 12.1. The van der Waals surface area contributed by atoms with E-state index in [4.69, 9.17) is 14.6 Å². The molecule has 0 fully saturated rings. The highest BCUT2D eigenvalue weighted by atomic mass is 32.1. The highest BCUT2D eigenvalue weighted by Crippen LogP contribution is 2.32. The number of hydrogen-bond acceptors (Lipinski definition) is 8. The minimum atomic E-state index is -0.792. The average Bonchev–Trinajstić information content (AvgIpc) is 3.58. The molecule has 1 aliphatic heterocycles. The summed E-state index contributed by atoms with van der Waals surface area (Å²) >= 11 is 1.24. The molecular weight excluding hydrogens is 576 g/mol. The Morgan fingerprint density at radius 1 is 0.977 bits per heavy atom. The van der Waals surface area contributed by atoms with Crippen molar-refractivity contribution in [3.05, 3.63) is 133 Å². The molecule has 44 heavy (non-hydrogen) atoms. The van der Waals surface area contributed by atoms with Crippen molar-refractivity contribution in [3.63, 3.8) is 0 Å². The number of carbonyl (C=O) groups is 2. The number of hydrogen-bond donors (Lipinski definition) is 0. The number of nitrogens with zero attached hydrogens (tertiary/aromatic N) is 4. The maximum Gasteiger partial charge on any atom is 0.338 e. The second-order valence-corrected chi connectivity index (χ2v) is 11.1. The molecular formula is C34H28N4O5S. The van der Waals surface area contributed by atoms with Gasteiger partial charge in [0, 0.05) is 24.2 Å². The van der Waals surface area contributed by atoms with E-state index >= 15 is 0 Å². The van der Waals surface area contributed by atoms with Gasteiger partial charge in [0.05, 0.1) is 39.8 Å². The van der Waals surface area contributed by atoms with Crippen LogP contribution in [-0.4, -0.2) is 32.9 Å². The number of aromatic nitrogens is 3. The largest absolute Gasteiger partial charge is 0.463 e. The Morgan fingerprint density at radius 2 is 1.66 bits per heavy atom. The Hall–Kier alpha value is -5.35. The predicted octanol–water partition coefficient (Wildman–Crippen LogP) is 4.58. The number of allylic oxidation sites excluding steroid dienone is 1. The molecule has 0 N–H and O–H groups in total. The topological polar surface area (TPSA) is 105 Å². The Kier molecular flexibility index (Phi) is 7.91. The van der Waals surface area contributed by atoms with Crippen molar-refractivity contribution in [3.8, 4) is 22.7 Å². The summed E-state index contributed by atoms with van der Waals surface area (Å²) in [7, 11) is 0. The monoisotopic (exact) mass is 604 g/mol. The van der Waals surface area contributed by atoms with Crippen LogP contribution in [0.3, 0.4) is 0 Å². The van der Waals surface area contributed by atoms with E-state index in [9.17, 15) is 14.4 Å². The number of para-hydroxylation sites is 1. The van der Waals surface area contributed by atoms with E-state index in [-0.39, 0.29) is 17.7 Å². The maximum atomic E-state index is 14.2. The first kappa shape index (κ1) is 28.8. The van der Waals surface area contributed by atoms with Gasteiger partial charge in [0.2, 0.25) is 0 Å². The molecule has 0 saturated carbocycles. The smallest absolute Gasteiger partial charge is 0.338 e. The molecule has 0 spiro atoms. The lowest BCUT2D eigenvalue weighted by Crippen LogP contribution is -2.39. The molecule has 0 aliphatic carbocycles. The fourth-order valence-electron chi connectivity index (χ4n) is 5.16. The first-order chi connectivity index (χ1) is 21.3. The molecule has 5 aromatic rings. The second-order valence-electron chi connectivity index (χ2n) is 10.0. The third-order valence-corrected chi connectivity index (χ3v) is 8.05. The fraction of sp³-hybridized carbons (Fsp3) is 0.147. The van der Waals surface area contributed by atoms with E-state index < -0.39 is 18.0 Å². The van der Waals surface area contributed by atoms with Gasteiger partial charge >= 0.3 is 11.9 Å². The number of esters is 2. The van der Waals surface area contributed by atoms with Gasteiger partial charge in [-0.15, -0.1) is 0 Å². The first-order valence-electron chi connectivity index (χ1n) is 14.0. The number of benzene rings is 3. The van der Waals surface area contributed by atoms with Crippen LogP contribution in [0, 0.1) is 0 Å². The molecule has 0 radical (unpaired) electrons. The standard InChI is InChI=1S/C34H28N4O5S/c1-4-42-33(41)29-21(2)35-34-38(31(29)24-15-17-27(18-16-24)43-22(3)39)32(40)28(44-34)19-25-20-37(26-13-9-6-10-14-26)36-30(25)23-11-7-5-8-12-23/h5-20,31H,4H2,1-3H3/b28-19-/t31-/m0/s1. The van der Waals surface area contributed by atoms with Gasteiger partial charge in [-0.25, -0.2) is 14.5 Å². The van der Waals surface area contributed by atoms with Gasteiger partial charge in [-0.05, 0) is 49.8 Å². The van der Waals surface area contributed by atoms with E-state index in [1.807, 2.05) is 72.9 Å². The van der Waals surface area contributed by atoms with Gasteiger partial charge in [-0.1, -0.05) is 72.0 Å². The van der Waals surface area contributed by atoms with Gasteiger partial charge in [-0.3, -0.25) is 14.2 Å². The lowest BCUT2D eigenvalue weighted by atomic mass is 9.96. The molecule has 9 nitrogen and oxygen atoms in total. The lowest BCUT2D eigenvalue weighted by molar-refractivity contribution is -0.139. The summed E-state index contributed by atoms with van der Waals surface area (Å²) in [4.78, 5) is 44.0. The van der Waals surface area contributed by atoms with Crippen LogP contribution in [-0.2, 0) is 14.3 Å². The van der Waals surface area contributed by atoms with E-state index in [1.54, 1.807) is 42.8 Å². The zero-order chi connectivity index (χ0) is 30.8. The van der Waals surface area contributed by atoms with Crippen molar-refractivity contribution < 1.29 is 19.1 Å². The van der Waals surface area contributed by atoms with E-state index in [0.717, 1.165) is 22.5 Å². The van der Waals surface area contributed by atoms with Crippen molar-refractivity contribution >= 4 is 29.4 Å². The van der Waals surface area contributed by atoms with Crippen molar-refractivity contribution in [1.82, 2.24) is 14.3 Å². The predicted molar refractivity (Wildman–Crippen MR) is 167 cm³/mol. The van der Waals surface area contributed by atoms with Crippen molar-refractivity contribution in [2.45, 2.75) is 26.8 Å². The molecule has 0 saturated heterocycles. The number of carbonyl (C=O) groups excluding carboxylic acids is 2. The SMILES string of the molecule is CCOC(=O)C1=C(C)N=c2s/c(=C\c3cn(-c4ccccc4)nc3-c3ccccc3)c(=O)n2[C@H]1c1ccc(OC(C)=O)cc1. The summed E-state index contributed by atoms with van der Waals surface area (Å²) in [6, 6.07) is 25.5. The molecule has 10 heteroatoms. The average molecular weight is 605 g/mol. The van der Waals surface area contributed by atoms with Crippen LogP contribution < -0.4 is 19.6 Å².